The molecule has 1 unspecified atom stereocenters. The molecule has 2 rings (SSSR count). The van der Waals surface area contributed by atoms with E-state index in [1.165, 1.54) is 0 Å². The zero-order valence-corrected chi connectivity index (χ0v) is 9.00. The van der Waals surface area contributed by atoms with Gasteiger partial charge in [0.1, 0.15) is 6.10 Å². The lowest BCUT2D eigenvalue weighted by Crippen LogP contribution is -2.36. The van der Waals surface area contributed by atoms with E-state index < -0.39 is 6.10 Å². The Balaban J connectivity index is 2.00. The lowest BCUT2D eigenvalue weighted by molar-refractivity contribution is 0.121. The van der Waals surface area contributed by atoms with Gasteiger partial charge in [0.2, 0.25) is 0 Å². The Labute approximate surface area is 93.2 Å². The Kier molecular flexibility index (Phi) is 3.70. The highest BCUT2D eigenvalue weighted by atomic mass is 16.5. The average molecular weight is 228 g/mol. The summed E-state index contributed by atoms with van der Waals surface area (Å²) < 4.78 is 10.2. The summed E-state index contributed by atoms with van der Waals surface area (Å²) in [5.41, 5.74) is 5.34. The standard InChI is InChI=1S/C9H16N4O3/c10-2-1-7(14)8-11-9(12-16-8)13-3-5-15-6-4-13/h7,14H,1-6,10H2. The monoisotopic (exact) mass is 228 g/mol. The van der Waals surface area contributed by atoms with E-state index in [4.69, 9.17) is 15.0 Å². The predicted octanol–water partition coefficient (Wildman–Crippen LogP) is -0.712. The number of aromatic nitrogens is 2. The van der Waals surface area contributed by atoms with Gasteiger partial charge in [0, 0.05) is 13.1 Å². The molecule has 0 bridgehead atoms. The molecular formula is C9H16N4O3. The zero-order valence-electron chi connectivity index (χ0n) is 9.00. The summed E-state index contributed by atoms with van der Waals surface area (Å²) >= 11 is 0. The first-order valence-electron chi connectivity index (χ1n) is 5.35. The molecule has 1 aromatic heterocycles. The number of nitrogens with two attached hydrogens (primary N) is 1. The van der Waals surface area contributed by atoms with Crippen molar-refractivity contribution in [2.75, 3.05) is 37.7 Å². The first kappa shape index (κ1) is 11.3. The third-order valence-electron chi connectivity index (χ3n) is 2.45. The Morgan fingerprint density at radius 3 is 2.88 bits per heavy atom. The van der Waals surface area contributed by atoms with E-state index in [0.717, 1.165) is 13.1 Å². The van der Waals surface area contributed by atoms with Gasteiger partial charge in [-0.3, -0.25) is 0 Å². The SMILES string of the molecule is NCCC(O)c1nc(N2CCOCC2)no1. The van der Waals surface area contributed by atoms with Crippen molar-refractivity contribution in [2.45, 2.75) is 12.5 Å². The molecule has 7 heteroatoms. The molecule has 2 heterocycles. The minimum absolute atomic E-state index is 0.229. The summed E-state index contributed by atoms with van der Waals surface area (Å²) in [7, 11) is 0. The molecule has 0 spiro atoms. The van der Waals surface area contributed by atoms with Gasteiger partial charge in [-0.25, -0.2) is 0 Å². The molecule has 16 heavy (non-hydrogen) atoms. The summed E-state index contributed by atoms with van der Waals surface area (Å²) in [5.74, 6) is 0.737. The zero-order chi connectivity index (χ0) is 11.4. The van der Waals surface area contributed by atoms with Crippen molar-refractivity contribution >= 4 is 5.95 Å². The van der Waals surface area contributed by atoms with Crippen LogP contribution in [-0.2, 0) is 4.74 Å². The summed E-state index contributed by atoms with van der Waals surface area (Å²) in [5, 5.41) is 13.4. The van der Waals surface area contributed by atoms with E-state index in [1.54, 1.807) is 0 Å². The van der Waals surface area contributed by atoms with Gasteiger partial charge in [-0.1, -0.05) is 0 Å². The molecule has 1 aromatic rings. The number of hydrogen-bond acceptors (Lipinski definition) is 7. The van der Waals surface area contributed by atoms with Crippen LogP contribution in [-0.4, -0.2) is 48.1 Å². The van der Waals surface area contributed by atoms with Crippen LogP contribution in [0.5, 0.6) is 0 Å². The summed E-state index contributed by atoms with van der Waals surface area (Å²) in [6, 6.07) is 0. The Morgan fingerprint density at radius 1 is 1.44 bits per heavy atom. The quantitative estimate of drug-likeness (QED) is 0.702. The highest BCUT2D eigenvalue weighted by molar-refractivity contribution is 5.28. The van der Waals surface area contributed by atoms with Crippen LogP contribution < -0.4 is 10.6 Å². The number of anilines is 1. The fourth-order valence-electron chi connectivity index (χ4n) is 1.54. The normalized spacial score (nSPS) is 18.8. The van der Waals surface area contributed by atoms with E-state index in [9.17, 15) is 5.11 Å². The molecule has 7 nitrogen and oxygen atoms in total. The molecule has 90 valence electrons. The molecule has 1 atom stereocenters. The smallest absolute Gasteiger partial charge is 0.266 e. The number of ether oxygens (including phenoxy) is 1. The minimum Gasteiger partial charge on any atom is -0.383 e. The second-order valence-corrected chi connectivity index (χ2v) is 3.63. The van der Waals surface area contributed by atoms with Gasteiger partial charge in [-0.15, -0.1) is 0 Å². The van der Waals surface area contributed by atoms with E-state index in [-0.39, 0.29) is 5.89 Å². The number of hydrogen-bond donors (Lipinski definition) is 2. The van der Waals surface area contributed by atoms with Crippen LogP contribution in [0.2, 0.25) is 0 Å². The minimum atomic E-state index is -0.771. The molecule has 0 amide bonds. The molecule has 3 N–H and O–H groups in total. The van der Waals surface area contributed by atoms with Gasteiger partial charge in [0.25, 0.3) is 11.8 Å². The van der Waals surface area contributed by atoms with E-state index >= 15 is 0 Å². The topological polar surface area (TPSA) is 97.6 Å². The molecule has 0 radical (unpaired) electrons. The van der Waals surface area contributed by atoms with E-state index in [2.05, 4.69) is 10.1 Å². The van der Waals surface area contributed by atoms with Crippen LogP contribution in [0, 0.1) is 0 Å². The highest BCUT2D eigenvalue weighted by Gasteiger charge is 2.20. The van der Waals surface area contributed by atoms with Crippen molar-refractivity contribution in [1.82, 2.24) is 10.1 Å². The van der Waals surface area contributed by atoms with E-state index in [0.29, 0.717) is 32.1 Å². The maximum atomic E-state index is 9.61. The van der Waals surface area contributed by atoms with Gasteiger partial charge >= 0.3 is 0 Å². The van der Waals surface area contributed by atoms with Crippen molar-refractivity contribution < 1.29 is 14.4 Å². The van der Waals surface area contributed by atoms with Gasteiger partial charge in [0.05, 0.1) is 13.2 Å². The second-order valence-electron chi connectivity index (χ2n) is 3.63. The Morgan fingerprint density at radius 2 is 2.19 bits per heavy atom. The number of nitrogens with zero attached hydrogens (tertiary/aromatic N) is 3. The molecule has 1 aliphatic rings. The van der Waals surface area contributed by atoms with Crippen LogP contribution in [0.3, 0.4) is 0 Å². The van der Waals surface area contributed by atoms with Crippen LogP contribution in [0.15, 0.2) is 4.52 Å². The van der Waals surface area contributed by atoms with Crippen molar-refractivity contribution in [3.05, 3.63) is 5.89 Å². The molecule has 0 aliphatic carbocycles. The maximum absolute atomic E-state index is 9.61. The number of aliphatic hydroxyl groups excluding tert-OH is 1. The molecule has 1 aliphatic heterocycles. The number of morpholine rings is 1. The average Bonchev–Trinajstić information content (AvgIpc) is 2.80. The lowest BCUT2D eigenvalue weighted by atomic mass is 10.2. The predicted molar refractivity (Wildman–Crippen MR) is 56.0 cm³/mol. The molecule has 1 saturated heterocycles. The molecular weight excluding hydrogens is 212 g/mol. The summed E-state index contributed by atoms with van der Waals surface area (Å²) in [6.45, 7) is 3.19. The van der Waals surface area contributed by atoms with Gasteiger partial charge < -0.3 is 25.0 Å². The summed E-state index contributed by atoms with van der Waals surface area (Å²) in [4.78, 5) is 6.10. The fraction of sp³-hybridized carbons (Fsp3) is 0.778. The number of rotatable bonds is 4. The van der Waals surface area contributed by atoms with E-state index in [1.807, 2.05) is 4.90 Å². The van der Waals surface area contributed by atoms with Crippen LogP contribution in [0.25, 0.3) is 0 Å². The Hall–Kier alpha value is -1.18. The number of aliphatic hydroxyl groups is 1. The highest BCUT2D eigenvalue weighted by Crippen LogP contribution is 2.17. The van der Waals surface area contributed by atoms with Crippen molar-refractivity contribution in [1.29, 1.82) is 0 Å². The van der Waals surface area contributed by atoms with Crippen molar-refractivity contribution in [3.63, 3.8) is 0 Å². The first-order valence-corrected chi connectivity index (χ1v) is 5.35. The molecule has 1 fully saturated rings. The first-order chi connectivity index (χ1) is 7.81. The second kappa shape index (κ2) is 5.24. The largest absolute Gasteiger partial charge is 0.383 e. The van der Waals surface area contributed by atoms with Crippen LogP contribution in [0.1, 0.15) is 18.4 Å². The molecule has 0 saturated carbocycles. The van der Waals surface area contributed by atoms with Crippen LogP contribution >= 0.6 is 0 Å². The van der Waals surface area contributed by atoms with Crippen LogP contribution in [0.4, 0.5) is 5.95 Å². The van der Waals surface area contributed by atoms with Gasteiger partial charge in [-0.05, 0) is 18.1 Å². The fourth-order valence-corrected chi connectivity index (χ4v) is 1.54. The third kappa shape index (κ3) is 2.49. The third-order valence-corrected chi connectivity index (χ3v) is 2.45. The lowest BCUT2D eigenvalue weighted by Gasteiger charge is -2.24. The molecule has 0 aromatic carbocycles. The van der Waals surface area contributed by atoms with Gasteiger partial charge in [-0.2, -0.15) is 4.98 Å². The van der Waals surface area contributed by atoms with Gasteiger partial charge in [0.15, 0.2) is 0 Å². The van der Waals surface area contributed by atoms with Crippen molar-refractivity contribution in [3.8, 4) is 0 Å². The summed E-state index contributed by atoms with van der Waals surface area (Å²) in [6.07, 6.45) is -0.350. The Bertz CT molecular complexity index is 324. The maximum Gasteiger partial charge on any atom is 0.266 e. The van der Waals surface area contributed by atoms with Crippen molar-refractivity contribution in [2.24, 2.45) is 5.73 Å².